The van der Waals surface area contributed by atoms with Gasteiger partial charge in [-0.1, -0.05) is 39.3 Å². The molecule has 0 N–H and O–H groups in total. The largest absolute Gasteiger partial charge is 1.00 e. The second kappa shape index (κ2) is 7.07. The maximum Gasteiger partial charge on any atom is 0.292 e. The lowest BCUT2D eigenvalue weighted by molar-refractivity contribution is -0.650. The molecule has 4 nitrogen and oxygen atoms in total. The lowest BCUT2D eigenvalue weighted by atomic mass is 10.4. The minimum atomic E-state index is 0. The third-order valence-electron chi connectivity index (χ3n) is 2.43. The van der Waals surface area contributed by atoms with Crippen LogP contribution in [0.1, 0.15) is 6.42 Å². The van der Waals surface area contributed by atoms with Gasteiger partial charge in [0, 0.05) is 11.0 Å². The van der Waals surface area contributed by atoms with Crippen molar-refractivity contribution < 1.29 is 28.5 Å². The van der Waals surface area contributed by atoms with Gasteiger partial charge in [0.05, 0.1) is 7.05 Å². The van der Waals surface area contributed by atoms with Crippen LogP contribution in [0.25, 0.3) is 11.2 Å². The molecule has 0 amide bonds. The van der Waals surface area contributed by atoms with Gasteiger partial charge < -0.3 is 28.5 Å². The summed E-state index contributed by atoms with van der Waals surface area (Å²) in [7, 11) is 1.98. The molecule has 94 valence electrons. The van der Waals surface area contributed by atoms with E-state index < -0.39 is 0 Å². The van der Waals surface area contributed by atoms with Gasteiger partial charge in [-0.05, 0) is 12.7 Å². The van der Waals surface area contributed by atoms with Gasteiger partial charge in [0.25, 0.3) is 5.65 Å². The summed E-state index contributed by atoms with van der Waals surface area (Å²) >= 11 is 4.07. The highest BCUT2D eigenvalue weighted by Crippen LogP contribution is 2.21. The maximum atomic E-state index is 4.45. The Bertz CT molecular complexity index is 500. The molecule has 0 saturated heterocycles. The third kappa shape index (κ3) is 3.22. The molecule has 0 spiro atoms. The molecule has 0 radical (unpaired) electrons. The monoisotopic (exact) mass is 476 g/mol. The van der Waals surface area contributed by atoms with Gasteiger partial charge in [-0.3, -0.25) is 0 Å². The fourth-order valence-electron chi connectivity index (χ4n) is 1.65. The number of thioether (sulfide) groups is 1. The number of aryl methyl sites for hydroxylation is 2. The Morgan fingerprint density at radius 1 is 1.47 bits per heavy atom. The molecule has 0 aromatic carbocycles. The topological polar surface area (TPSA) is 34.6 Å². The van der Waals surface area contributed by atoms with Crippen molar-refractivity contribution in [3.63, 3.8) is 0 Å². The van der Waals surface area contributed by atoms with Crippen LogP contribution in [0.3, 0.4) is 0 Å². The van der Waals surface area contributed by atoms with Crippen molar-refractivity contribution in [1.82, 2.24) is 14.5 Å². The van der Waals surface area contributed by atoms with Crippen LogP contribution in [0.15, 0.2) is 17.7 Å². The first-order chi connectivity index (χ1) is 7.77. The van der Waals surface area contributed by atoms with E-state index in [1.807, 2.05) is 24.3 Å². The quantitative estimate of drug-likeness (QED) is 0.183. The lowest BCUT2D eigenvalue weighted by Crippen LogP contribution is -3.00. The van der Waals surface area contributed by atoms with Crippen molar-refractivity contribution in [1.29, 1.82) is 0 Å². The molecular formula is C10H14I2N4S. The van der Waals surface area contributed by atoms with Crippen molar-refractivity contribution in [3.05, 3.63) is 12.7 Å². The van der Waals surface area contributed by atoms with E-state index in [1.165, 1.54) is 10.8 Å². The Balaban J connectivity index is 0.00000144. The van der Waals surface area contributed by atoms with E-state index in [4.69, 9.17) is 0 Å². The standard InChI is InChI=1S/C10H14IN4S.HI/c1-14-6-13-10(16-2)8-9(14)12-7-15(8)5-3-4-11;/h6-7H,3-5H2,1-2H3;1H/q+1;/p-1. The predicted octanol–water partition coefficient (Wildman–Crippen LogP) is -1.19. The number of imidazole rings is 1. The summed E-state index contributed by atoms with van der Waals surface area (Å²) < 4.78 is 5.33. The number of rotatable bonds is 4. The second-order valence-corrected chi connectivity index (χ2v) is 5.39. The van der Waals surface area contributed by atoms with Crippen LogP contribution in [-0.2, 0) is 13.6 Å². The second-order valence-electron chi connectivity index (χ2n) is 3.52. The average Bonchev–Trinajstić information content (AvgIpc) is 2.72. The molecule has 0 atom stereocenters. The lowest BCUT2D eigenvalue weighted by Gasteiger charge is -2.02. The van der Waals surface area contributed by atoms with Gasteiger partial charge in [-0.15, -0.1) is 4.98 Å². The number of halogens is 2. The zero-order valence-electron chi connectivity index (χ0n) is 9.73. The fourth-order valence-corrected chi connectivity index (χ4v) is 2.55. The third-order valence-corrected chi connectivity index (χ3v) is 3.88. The molecule has 2 heterocycles. The van der Waals surface area contributed by atoms with Gasteiger partial charge in [0.2, 0.25) is 11.4 Å². The Morgan fingerprint density at radius 3 is 2.88 bits per heavy atom. The molecule has 0 unspecified atom stereocenters. The van der Waals surface area contributed by atoms with Crippen LogP contribution in [0.2, 0.25) is 0 Å². The molecule has 0 aliphatic rings. The first kappa shape index (κ1) is 15.4. The van der Waals surface area contributed by atoms with Gasteiger partial charge in [0.15, 0.2) is 11.8 Å². The summed E-state index contributed by atoms with van der Waals surface area (Å²) in [6.45, 7) is 1.01. The highest BCUT2D eigenvalue weighted by Gasteiger charge is 2.17. The molecule has 0 bridgehead atoms. The Labute approximate surface area is 136 Å². The first-order valence-corrected chi connectivity index (χ1v) is 7.82. The van der Waals surface area contributed by atoms with E-state index in [1.54, 1.807) is 11.8 Å². The van der Waals surface area contributed by atoms with Crippen molar-refractivity contribution >= 4 is 45.5 Å². The zero-order chi connectivity index (χ0) is 11.5. The Kier molecular flexibility index (Phi) is 6.41. The van der Waals surface area contributed by atoms with Crippen molar-refractivity contribution in [2.45, 2.75) is 18.0 Å². The summed E-state index contributed by atoms with van der Waals surface area (Å²) in [6, 6.07) is 0. The van der Waals surface area contributed by atoms with Crippen LogP contribution in [-0.4, -0.2) is 25.2 Å². The molecule has 7 heteroatoms. The number of aromatic nitrogens is 4. The van der Waals surface area contributed by atoms with Crippen LogP contribution >= 0.6 is 34.4 Å². The molecule has 17 heavy (non-hydrogen) atoms. The van der Waals surface area contributed by atoms with Gasteiger partial charge in [-0.2, -0.15) is 0 Å². The number of alkyl halides is 1. The number of hydrogen-bond acceptors (Lipinski definition) is 3. The van der Waals surface area contributed by atoms with E-state index in [2.05, 4.69) is 43.4 Å². The van der Waals surface area contributed by atoms with Crippen molar-refractivity contribution in [2.24, 2.45) is 7.05 Å². The highest BCUT2D eigenvalue weighted by molar-refractivity contribution is 14.1. The van der Waals surface area contributed by atoms with Crippen LogP contribution in [0.4, 0.5) is 0 Å². The number of hydrogen-bond donors (Lipinski definition) is 0. The predicted molar refractivity (Wildman–Crippen MR) is 74.0 cm³/mol. The van der Waals surface area contributed by atoms with E-state index >= 15 is 0 Å². The average molecular weight is 476 g/mol. The minimum absolute atomic E-state index is 0. The van der Waals surface area contributed by atoms with Crippen molar-refractivity contribution in [3.8, 4) is 0 Å². The molecule has 2 rings (SSSR count). The molecule has 0 aliphatic heterocycles. The van der Waals surface area contributed by atoms with Crippen LogP contribution < -0.4 is 28.5 Å². The van der Waals surface area contributed by atoms with E-state index in [-0.39, 0.29) is 24.0 Å². The number of nitrogens with zero attached hydrogens (tertiary/aromatic N) is 4. The van der Waals surface area contributed by atoms with Gasteiger partial charge in [0.1, 0.15) is 0 Å². The molecular weight excluding hydrogens is 462 g/mol. The first-order valence-electron chi connectivity index (χ1n) is 5.07. The van der Waals surface area contributed by atoms with Crippen LogP contribution in [0.5, 0.6) is 0 Å². The van der Waals surface area contributed by atoms with Crippen LogP contribution in [0, 0.1) is 0 Å². The number of fused-ring (bicyclic) bond motifs is 1. The molecule has 2 aromatic rings. The smallest absolute Gasteiger partial charge is 0.292 e. The molecule has 0 aliphatic carbocycles. The van der Waals surface area contributed by atoms with E-state index in [0.717, 1.165) is 22.7 Å². The molecule has 0 fully saturated rings. The summed E-state index contributed by atoms with van der Waals surface area (Å²) in [5, 5.41) is 1.05. The fraction of sp³-hybridized carbons (Fsp3) is 0.500. The summed E-state index contributed by atoms with van der Waals surface area (Å²) in [6.07, 6.45) is 6.96. The summed E-state index contributed by atoms with van der Waals surface area (Å²) in [5.74, 6) is 0. The highest BCUT2D eigenvalue weighted by atomic mass is 127. The SMILES string of the molecule is CSc1nc[n+](C)c2ncn(CCCI)c12.[I-]. The van der Waals surface area contributed by atoms with Gasteiger partial charge in [-0.25, -0.2) is 4.57 Å². The summed E-state index contributed by atoms with van der Waals surface area (Å²) in [4.78, 5) is 8.88. The van der Waals surface area contributed by atoms with Crippen molar-refractivity contribution in [2.75, 3.05) is 10.7 Å². The molecule has 2 aromatic heterocycles. The van der Waals surface area contributed by atoms with E-state index in [9.17, 15) is 0 Å². The zero-order valence-corrected chi connectivity index (χ0v) is 14.9. The Morgan fingerprint density at radius 2 is 2.24 bits per heavy atom. The maximum absolute atomic E-state index is 4.45. The van der Waals surface area contributed by atoms with E-state index in [0.29, 0.717) is 0 Å². The molecule has 0 saturated carbocycles. The summed E-state index contributed by atoms with van der Waals surface area (Å²) in [5.41, 5.74) is 2.16. The minimum Gasteiger partial charge on any atom is -1.00 e. The van der Waals surface area contributed by atoms with Gasteiger partial charge >= 0.3 is 0 Å². The normalized spacial score (nSPS) is 10.5. The Hall–Kier alpha value is 0.360.